The molecule has 8 nitrogen and oxygen atoms in total. The molecule has 1 aromatic heterocycles. The SMILES string of the molecule is CC(NC(=O)Cc1ccc(-n2cnnn2)cc1)C(=O)O. The molecule has 104 valence electrons. The number of benzene rings is 1. The number of hydrogen-bond acceptors (Lipinski definition) is 5. The summed E-state index contributed by atoms with van der Waals surface area (Å²) < 4.78 is 1.50. The summed E-state index contributed by atoms with van der Waals surface area (Å²) in [4.78, 5) is 22.3. The molecule has 2 rings (SSSR count). The number of aromatic nitrogens is 4. The van der Waals surface area contributed by atoms with Gasteiger partial charge in [-0.2, -0.15) is 0 Å². The van der Waals surface area contributed by atoms with Crippen LogP contribution in [0.25, 0.3) is 5.69 Å². The molecule has 0 aliphatic heterocycles. The summed E-state index contributed by atoms with van der Waals surface area (Å²) in [6, 6.07) is 6.19. The molecule has 1 aromatic carbocycles. The molecular formula is C12H13N5O3. The fourth-order valence-electron chi connectivity index (χ4n) is 1.59. The zero-order valence-corrected chi connectivity index (χ0v) is 10.7. The van der Waals surface area contributed by atoms with Gasteiger partial charge in [0.25, 0.3) is 0 Å². The second kappa shape index (κ2) is 5.91. The minimum atomic E-state index is -1.06. The Morgan fingerprint density at radius 3 is 2.60 bits per heavy atom. The molecule has 8 heteroatoms. The maximum absolute atomic E-state index is 11.6. The highest BCUT2D eigenvalue weighted by Crippen LogP contribution is 2.08. The highest BCUT2D eigenvalue weighted by molar-refractivity contribution is 5.84. The van der Waals surface area contributed by atoms with Crippen LogP contribution in [-0.4, -0.2) is 43.2 Å². The summed E-state index contributed by atoms with van der Waals surface area (Å²) in [7, 11) is 0. The topological polar surface area (TPSA) is 110 Å². The number of nitrogens with one attached hydrogen (secondary N) is 1. The lowest BCUT2D eigenvalue weighted by Gasteiger charge is -2.09. The Balaban J connectivity index is 1.97. The molecule has 0 aliphatic carbocycles. The number of carboxylic acids is 1. The first kappa shape index (κ1) is 13.7. The maximum atomic E-state index is 11.6. The largest absolute Gasteiger partial charge is 0.480 e. The van der Waals surface area contributed by atoms with E-state index in [4.69, 9.17) is 5.11 Å². The van der Waals surface area contributed by atoms with Gasteiger partial charge in [0.1, 0.15) is 12.4 Å². The Labute approximate surface area is 114 Å². The second-order valence-electron chi connectivity index (χ2n) is 4.23. The monoisotopic (exact) mass is 275 g/mol. The predicted octanol–water partition coefficient (Wildman–Crippen LogP) is -0.206. The van der Waals surface area contributed by atoms with Gasteiger partial charge in [0, 0.05) is 0 Å². The quantitative estimate of drug-likeness (QED) is 0.781. The number of tetrazole rings is 1. The van der Waals surface area contributed by atoms with Crippen LogP contribution in [0.4, 0.5) is 0 Å². The van der Waals surface area contributed by atoms with Crippen LogP contribution in [0.3, 0.4) is 0 Å². The third-order valence-corrected chi connectivity index (χ3v) is 2.66. The number of hydrogen-bond donors (Lipinski definition) is 2. The lowest BCUT2D eigenvalue weighted by molar-refractivity contribution is -0.141. The van der Waals surface area contributed by atoms with Crippen molar-refractivity contribution in [3.63, 3.8) is 0 Å². The first-order valence-corrected chi connectivity index (χ1v) is 5.91. The Hall–Kier alpha value is -2.77. The van der Waals surface area contributed by atoms with Gasteiger partial charge in [-0.15, -0.1) is 5.10 Å². The molecule has 1 heterocycles. The van der Waals surface area contributed by atoms with E-state index in [0.717, 1.165) is 11.3 Å². The van der Waals surface area contributed by atoms with Crippen molar-refractivity contribution in [2.45, 2.75) is 19.4 Å². The smallest absolute Gasteiger partial charge is 0.325 e. The van der Waals surface area contributed by atoms with Crippen molar-refractivity contribution < 1.29 is 14.7 Å². The van der Waals surface area contributed by atoms with E-state index in [1.807, 2.05) is 0 Å². The van der Waals surface area contributed by atoms with E-state index < -0.39 is 12.0 Å². The molecule has 0 saturated carbocycles. The van der Waals surface area contributed by atoms with Crippen LogP contribution in [0.2, 0.25) is 0 Å². The minimum absolute atomic E-state index is 0.119. The van der Waals surface area contributed by atoms with Gasteiger partial charge >= 0.3 is 5.97 Å². The van der Waals surface area contributed by atoms with Gasteiger partial charge in [-0.05, 0) is 35.0 Å². The third-order valence-electron chi connectivity index (χ3n) is 2.66. The highest BCUT2D eigenvalue weighted by atomic mass is 16.4. The molecule has 1 atom stereocenters. The average molecular weight is 275 g/mol. The number of nitrogens with zero attached hydrogens (tertiary/aromatic N) is 4. The number of amides is 1. The molecule has 1 unspecified atom stereocenters. The minimum Gasteiger partial charge on any atom is -0.480 e. The summed E-state index contributed by atoms with van der Waals surface area (Å²) in [6.07, 6.45) is 1.59. The van der Waals surface area contributed by atoms with Crippen molar-refractivity contribution in [2.75, 3.05) is 0 Å². The van der Waals surface area contributed by atoms with Crippen molar-refractivity contribution >= 4 is 11.9 Å². The van der Waals surface area contributed by atoms with E-state index in [9.17, 15) is 9.59 Å². The van der Waals surface area contributed by atoms with E-state index in [1.54, 1.807) is 24.3 Å². The van der Waals surface area contributed by atoms with E-state index in [1.165, 1.54) is 17.9 Å². The van der Waals surface area contributed by atoms with Crippen LogP contribution in [0.15, 0.2) is 30.6 Å². The molecule has 2 aromatic rings. The first-order chi connectivity index (χ1) is 9.56. The summed E-state index contributed by atoms with van der Waals surface area (Å²) in [5.74, 6) is -1.40. The zero-order chi connectivity index (χ0) is 14.5. The van der Waals surface area contributed by atoms with Gasteiger partial charge in [-0.1, -0.05) is 12.1 Å². The first-order valence-electron chi connectivity index (χ1n) is 5.91. The molecule has 0 radical (unpaired) electrons. The molecule has 0 aliphatic rings. The molecule has 1 amide bonds. The van der Waals surface area contributed by atoms with Crippen molar-refractivity contribution in [3.8, 4) is 5.69 Å². The summed E-state index contributed by atoms with van der Waals surface area (Å²) in [6.45, 7) is 1.42. The number of carbonyl (C=O) groups excluding carboxylic acids is 1. The van der Waals surface area contributed by atoms with Gasteiger partial charge in [-0.25, -0.2) is 4.68 Å². The highest BCUT2D eigenvalue weighted by Gasteiger charge is 2.13. The van der Waals surface area contributed by atoms with Crippen molar-refractivity contribution in [2.24, 2.45) is 0 Å². The molecular weight excluding hydrogens is 262 g/mol. The zero-order valence-electron chi connectivity index (χ0n) is 10.7. The molecule has 2 N–H and O–H groups in total. The second-order valence-corrected chi connectivity index (χ2v) is 4.23. The number of carbonyl (C=O) groups is 2. The van der Waals surface area contributed by atoms with Crippen molar-refractivity contribution in [1.29, 1.82) is 0 Å². The fraction of sp³-hybridized carbons (Fsp3) is 0.250. The third kappa shape index (κ3) is 3.37. The average Bonchev–Trinajstić information content (AvgIpc) is 2.93. The Bertz CT molecular complexity index is 594. The van der Waals surface area contributed by atoms with Gasteiger partial charge in [0.2, 0.25) is 5.91 Å². The van der Waals surface area contributed by atoms with Gasteiger partial charge in [-0.3, -0.25) is 9.59 Å². The van der Waals surface area contributed by atoms with E-state index >= 15 is 0 Å². The number of rotatable bonds is 5. The van der Waals surface area contributed by atoms with Crippen LogP contribution in [-0.2, 0) is 16.0 Å². The summed E-state index contributed by atoms with van der Waals surface area (Å²) in [5.41, 5.74) is 1.55. The van der Waals surface area contributed by atoms with Crippen LogP contribution in [0.5, 0.6) is 0 Å². The predicted molar refractivity (Wildman–Crippen MR) is 68.1 cm³/mol. The standard InChI is InChI=1S/C12H13N5O3/c1-8(12(19)20)14-11(18)6-9-2-4-10(5-3-9)17-7-13-15-16-17/h2-5,7-8H,6H2,1H3,(H,14,18)(H,19,20). The molecule has 0 bridgehead atoms. The van der Waals surface area contributed by atoms with Crippen LogP contribution in [0.1, 0.15) is 12.5 Å². The van der Waals surface area contributed by atoms with E-state index in [-0.39, 0.29) is 12.3 Å². The van der Waals surface area contributed by atoms with Crippen molar-refractivity contribution in [3.05, 3.63) is 36.2 Å². The normalized spacial score (nSPS) is 11.8. The molecule has 0 spiro atoms. The fourth-order valence-corrected chi connectivity index (χ4v) is 1.59. The lowest BCUT2D eigenvalue weighted by atomic mass is 10.1. The van der Waals surface area contributed by atoms with E-state index in [2.05, 4.69) is 20.8 Å². The van der Waals surface area contributed by atoms with Crippen LogP contribution in [0, 0.1) is 0 Å². The van der Waals surface area contributed by atoms with E-state index in [0.29, 0.717) is 0 Å². The Morgan fingerprint density at radius 2 is 2.05 bits per heavy atom. The van der Waals surface area contributed by atoms with Crippen molar-refractivity contribution in [1.82, 2.24) is 25.5 Å². The van der Waals surface area contributed by atoms with Gasteiger partial charge < -0.3 is 10.4 Å². The molecule has 0 fully saturated rings. The van der Waals surface area contributed by atoms with Crippen LogP contribution >= 0.6 is 0 Å². The maximum Gasteiger partial charge on any atom is 0.325 e. The van der Waals surface area contributed by atoms with Crippen LogP contribution < -0.4 is 5.32 Å². The van der Waals surface area contributed by atoms with Gasteiger partial charge in [0.05, 0.1) is 12.1 Å². The summed E-state index contributed by atoms with van der Waals surface area (Å²) in [5, 5.41) is 21.9. The number of aliphatic carboxylic acids is 1. The Kier molecular flexibility index (Phi) is 4.04. The number of carboxylic acid groups (broad SMARTS) is 1. The molecule has 0 saturated heterocycles. The summed E-state index contributed by atoms with van der Waals surface area (Å²) >= 11 is 0. The lowest BCUT2D eigenvalue weighted by Crippen LogP contribution is -2.39. The molecule has 20 heavy (non-hydrogen) atoms. The Morgan fingerprint density at radius 1 is 1.35 bits per heavy atom. The van der Waals surface area contributed by atoms with Gasteiger partial charge in [0.15, 0.2) is 0 Å².